The van der Waals surface area contributed by atoms with Crippen LogP contribution in [0.3, 0.4) is 0 Å². The molecule has 2 aromatic carbocycles. The number of fused-ring (bicyclic) bond motifs is 2. The molecule has 0 spiro atoms. The Morgan fingerprint density at radius 1 is 1.12 bits per heavy atom. The van der Waals surface area contributed by atoms with E-state index >= 15 is 0 Å². The standard InChI is InChI=1S/C18H15ClO6/c1-10(2)23-17(21)24-18(25-22)14-6-4-3-5-12(14)16(20)13-9-11(19)7-8-15(13)18/h3-10,22H,1-2H3. The van der Waals surface area contributed by atoms with Gasteiger partial charge in [-0.1, -0.05) is 35.9 Å². The van der Waals surface area contributed by atoms with E-state index in [-0.39, 0.29) is 28.0 Å². The van der Waals surface area contributed by atoms with E-state index in [2.05, 4.69) is 4.89 Å². The minimum atomic E-state index is -2.03. The fourth-order valence-corrected chi connectivity index (χ4v) is 2.98. The number of rotatable bonds is 3. The second kappa shape index (κ2) is 6.48. The molecule has 7 heteroatoms. The Hall–Kier alpha value is -2.41. The molecule has 0 aromatic heterocycles. The van der Waals surface area contributed by atoms with Gasteiger partial charge in [0.2, 0.25) is 0 Å². The highest BCUT2D eigenvalue weighted by Gasteiger charge is 2.49. The minimum absolute atomic E-state index is 0.156. The maximum Gasteiger partial charge on any atom is 0.511 e. The monoisotopic (exact) mass is 362 g/mol. The number of carbonyl (C=O) groups excluding carboxylic acids is 2. The van der Waals surface area contributed by atoms with Crippen molar-refractivity contribution in [3.05, 3.63) is 69.7 Å². The topological polar surface area (TPSA) is 82.1 Å². The molecule has 0 radical (unpaired) electrons. The molecule has 130 valence electrons. The van der Waals surface area contributed by atoms with Crippen molar-refractivity contribution in [1.82, 2.24) is 0 Å². The average Bonchev–Trinajstić information content (AvgIpc) is 2.58. The second-order valence-electron chi connectivity index (χ2n) is 5.79. The van der Waals surface area contributed by atoms with Gasteiger partial charge in [-0.3, -0.25) is 4.79 Å². The quantitative estimate of drug-likeness (QED) is 0.382. The Morgan fingerprint density at radius 2 is 1.80 bits per heavy atom. The summed E-state index contributed by atoms with van der Waals surface area (Å²) < 4.78 is 10.3. The first kappa shape index (κ1) is 17.4. The number of ketones is 1. The number of benzene rings is 2. The van der Waals surface area contributed by atoms with Crippen LogP contribution < -0.4 is 0 Å². The number of hydrogen-bond donors (Lipinski definition) is 1. The van der Waals surface area contributed by atoms with Crippen LogP contribution in [0.5, 0.6) is 0 Å². The lowest BCUT2D eigenvalue weighted by atomic mass is 9.80. The molecule has 6 nitrogen and oxygen atoms in total. The summed E-state index contributed by atoms with van der Waals surface area (Å²) in [5.41, 5.74) is 0.739. The lowest BCUT2D eigenvalue weighted by Crippen LogP contribution is -2.42. The summed E-state index contributed by atoms with van der Waals surface area (Å²) in [7, 11) is 0. The summed E-state index contributed by atoms with van der Waals surface area (Å²) in [5, 5.41) is 10.0. The highest BCUT2D eigenvalue weighted by Crippen LogP contribution is 2.44. The SMILES string of the molecule is CC(C)OC(=O)OC1(OO)c2ccccc2C(=O)c2cc(Cl)ccc21. The predicted octanol–water partition coefficient (Wildman–Crippen LogP) is 4.14. The van der Waals surface area contributed by atoms with Gasteiger partial charge in [0, 0.05) is 27.3 Å². The molecule has 0 heterocycles. The van der Waals surface area contributed by atoms with Gasteiger partial charge in [0.15, 0.2) is 5.78 Å². The molecule has 0 bridgehead atoms. The van der Waals surface area contributed by atoms with E-state index in [1.54, 1.807) is 32.0 Å². The van der Waals surface area contributed by atoms with Gasteiger partial charge in [-0.25, -0.2) is 10.1 Å². The Labute approximate surface area is 148 Å². The van der Waals surface area contributed by atoms with E-state index in [9.17, 15) is 14.8 Å². The van der Waals surface area contributed by atoms with E-state index < -0.39 is 18.0 Å². The minimum Gasteiger partial charge on any atom is -0.431 e. The van der Waals surface area contributed by atoms with Gasteiger partial charge < -0.3 is 9.47 Å². The van der Waals surface area contributed by atoms with Crippen LogP contribution in [-0.2, 0) is 20.1 Å². The number of hydrogen-bond acceptors (Lipinski definition) is 6. The predicted molar refractivity (Wildman–Crippen MR) is 88.5 cm³/mol. The van der Waals surface area contributed by atoms with Crippen LogP contribution in [0.4, 0.5) is 4.79 Å². The molecule has 0 amide bonds. The first-order valence-corrected chi connectivity index (χ1v) is 7.93. The van der Waals surface area contributed by atoms with Crippen molar-refractivity contribution in [1.29, 1.82) is 0 Å². The Morgan fingerprint density at radius 3 is 2.48 bits per heavy atom. The largest absolute Gasteiger partial charge is 0.511 e. The summed E-state index contributed by atoms with van der Waals surface area (Å²) in [5.74, 6) is -2.35. The Bertz CT molecular complexity index is 847. The molecule has 1 atom stereocenters. The molecule has 1 unspecified atom stereocenters. The smallest absolute Gasteiger partial charge is 0.431 e. The maximum atomic E-state index is 12.8. The van der Waals surface area contributed by atoms with Gasteiger partial charge >= 0.3 is 11.9 Å². The summed E-state index contributed by atoms with van der Waals surface area (Å²) >= 11 is 5.99. The van der Waals surface area contributed by atoms with Crippen molar-refractivity contribution < 1.29 is 29.2 Å². The molecule has 0 saturated heterocycles. The normalized spacial score (nSPS) is 18.5. The zero-order valence-electron chi connectivity index (χ0n) is 13.5. The first-order valence-electron chi connectivity index (χ1n) is 7.55. The molecular weight excluding hydrogens is 348 g/mol. The molecule has 3 rings (SSSR count). The first-order chi connectivity index (χ1) is 11.9. The summed E-state index contributed by atoms with van der Waals surface area (Å²) in [6.45, 7) is 3.31. The number of ether oxygens (including phenoxy) is 2. The highest BCUT2D eigenvalue weighted by atomic mass is 35.5. The van der Waals surface area contributed by atoms with Gasteiger partial charge in [0.25, 0.3) is 0 Å². The zero-order chi connectivity index (χ0) is 18.2. The van der Waals surface area contributed by atoms with Crippen molar-refractivity contribution >= 4 is 23.5 Å². The van der Waals surface area contributed by atoms with E-state index in [4.69, 9.17) is 21.1 Å². The zero-order valence-corrected chi connectivity index (χ0v) is 14.2. The third-order valence-electron chi connectivity index (χ3n) is 3.79. The lowest BCUT2D eigenvalue weighted by molar-refractivity contribution is -0.383. The molecule has 1 aliphatic carbocycles. The van der Waals surface area contributed by atoms with Crippen LogP contribution in [0, 0.1) is 0 Å². The van der Waals surface area contributed by atoms with Crippen molar-refractivity contribution in [2.24, 2.45) is 0 Å². The third kappa shape index (κ3) is 2.89. The Kier molecular flexibility index (Phi) is 4.51. The Balaban J connectivity index is 2.22. The van der Waals surface area contributed by atoms with Crippen LogP contribution in [0.1, 0.15) is 40.9 Å². The van der Waals surface area contributed by atoms with Crippen LogP contribution in [0.2, 0.25) is 5.02 Å². The van der Waals surface area contributed by atoms with E-state index in [0.29, 0.717) is 5.02 Å². The van der Waals surface area contributed by atoms with Crippen LogP contribution in [0.25, 0.3) is 0 Å². The van der Waals surface area contributed by atoms with Crippen LogP contribution >= 0.6 is 11.6 Å². The molecule has 1 N–H and O–H groups in total. The molecule has 1 aliphatic rings. The van der Waals surface area contributed by atoms with Crippen molar-refractivity contribution in [3.8, 4) is 0 Å². The average molecular weight is 363 g/mol. The van der Waals surface area contributed by atoms with Gasteiger partial charge in [0.05, 0.1) is 6.10 Å². The van der Waals surface area contributed by atoms with E-state index in [1.807, 2.05) is 0 Å². The van der Waals surface area contributed by atoms with Crippen LogP contribution in [-0.4, -0.2) is 23.3 Å². The van der Waals surface area contributed by atoms with Gasteiger partial charge in [-0.2, -0.15) is 4.89 Å². The molecule has 2 aromatic rings. The van der Waals surface area contributed by atoms with Crippen molar-refractivity contribution in [3.63, 3.8) is 0 Å². The van der Waals surface area contributed by atoms with Crippen LogP contribution in [0.15, 0.2) is 42.5 Å². The van der Waals surface area contributed by atoms with E-state index in [1.165, 1.54) is 24.3 Å². The lowest BCUT2D eigenvalue weighted by Gasteiger charge is -2.35. The summed E-state index contributed by atoms with van der Waals surface area (Å²) in [6, 6.07) is 10.8. The third-order valence-corrected chi connectivity index (χ3v) is 4.03. The molecule has 0 saturated carbocycles. The summed E-state index contributed by atoms with van der Waals surface area (Å²) in [6.07, 6.45) is -1.48. The molecular formula is C18H15ClO6. The highest BCUT2D eigenvalue weighted by molar-refractivity contribution is 6.31. The maximum absolute atomic E-state index is 12.8. The molecule has 0 fully saturated rings. The van der Waals surface area contributed by atoms with E-state index in [0.717, 1.165) is 0 Å². The number of halogens is 1. The van der Waals surface area contributed by atoms with Crippen molar-refractivity contribution in [2.75, 3.05) is 0 Å². The summed E-state index contributed by atoms with van der Waals surface area (Å²) in [4.78, 5) is 29.5. The van der Waals surface area contributed by atoms with Gasteiger partial charge in [-0.05, 0) is 32.0 Å². The molecule has 25 heavy (non-hydrogen) atoms. The second-order valence-corrected chi connectivity index (χ2v) is 6.23. The molecule has 0 aliphatic heterocycles. The fraction of sp³-hybridized carbons (Fsp3) is 0.222. The van der Waals surface area contributed by atoms with Gasteiger partial charge in [0.1, 0.15) is 0 Å². The number of carbonyl (C=O) groups is 2. The van der Waals surface area contributed by atoms with Gasteiger partial charge in [-0.15, -0.1) is 0 Å². The van der Waals surface area contributed by atoms with Crippen molar-refractivity contribution in [2.45, 2.75) is 25.7 Å². The fourth-order valence-electron chi connectivity index (χ4n) is 2.81.